The van der Waals surface area contributed by atoms with E-state index >= 15 is 0 Å². The van der Waals surface area contributed by atoms with Gasteiger partial charge >= 0.3 is 0 Å². The second-order valence-corrected chi connectivity index (χ2v) is 8.09. The van der Waals surface area contributed by atoms with Crippen LogP contribution in [-0.2, 0) is 14.8 Å². The van der Waals surface area contributed by atoms with Gasteiger partial charge < -0.3 is 5.32 Å². The van der Waals surface area contributed by atoms with Gasteiger partial charge in [-0.25, -0.2) is 8.42 Å². The molecule has 0 radical (unpaired) electrons. The second kappa shape index (κ2) is 7.80. The molecule has 0 bridgehead atoms. The lowest BCUT2D eigenvalue weighted by atomic mass is 10.1. The summed E-state index contributed by atoms with van der Waals surface area (Å²) in [6.07, 6.45) is 0. The smallest absolute Gasteiger partial charge is 0.242 e. The van der Waals surface area contributed by atoms with Crippen molar-refractivity contribution in [2.24, 2.45) is 0 Å². The molecule has 1 atom stereocenters. The molecule has 6 heteroatoms. The zero-order chi connectivity index (χ0) is 18.6. The number of sulfonamides is 1. The Kier molecular flexibility index (Phi) is 5.98. The van der Waals surface area contributed by atoms with E-state index in [4.69, 9.17) is 0 Å². The Morgan fingerprint density at radius 1 is 0.960 bits per heavy atom. The van der Waals surface area contributed by atoms with Crippen molar-refractivity contribution in [2.75, 3.05) is 0 Å². The van der Waals surface area contributed by atoms with Gasteiger partial charge in [0, 0.05) is 6.04 Å². The summed E-state index contributed by atoms with van der Waals surface area (Å²) in [7, 11) is -3.84. The molecule has 0 aliphatic rings. The van der Waals surface area contributed by atoms with E-state index in [1.165, 1.54) is 0 Å². The van der Waals surface area contributed by atoms with Crippen molar-refractivity contribution in [1.29, 1.82) is 0 Å². The van der Waals surface area contributed by atoms with E-state index < -0.39 is 16.1 Å². The standard InChI is InChI=1S/C19H24N2O3S/c1-13(2)20-19(22)18(16-8-6-5-7-9-16)21-25(23,24)17-11-10-14(3)15(4)12-17/h5-13,18,21H,1-4H3,(H,20,22)/t18-/m0/s1. The molecule has 2 rings (SSSR count). The minimum absolute atomic E-state index is 0.0927. The zero-order valence-electron chi connectivity index (χ0n) is 14.9. The minimum atomic E-state index is -3.84. The fraction of sp³-hybridized carbons (Fsp3) is 0.316. The van der Waals surface area contributed by atoms with Crippen molar-refractivity contribution in [2.45, 2.75) is 44.7 Å². The van der Waals surface area contributed by atoms with Gasteiger partial charge in [-0.05, 0) is 56.5 Å². The Balaban J connectivity index is 2.38. The van der Waals surface area contributed by atoms with Crippen LogP contribution in [0.4, 0.5) is 0 Å². The highest BCUT2D eigenvalue weighted by molar-refractivity contribution is 7.89. The fourth-order valence-electron chi connectivity index (χ4n) is 2.39. The summed E-state index contributed by atoms with van der Waals surface area (Å²) in [5.74, 6) is -0.381. The Morgan fingerprint density at radius 3 is 2.16 bits per heavy atom. The Morgan fingerprint density at radius 2 is 1.60 bits per heavy atom. The number of benzene rings is 2. The topological polar surface area (TPSA) is 75.3 Å². The lowest BCUT2D eigenvalue weighted by Crippen LogP contribution is -2.42. The third-order valence-corrected chi connectivity index (χ3v) is 5.31. The van der Waals surface area contributed by atoms with E-state index in [0.29, 0.717) is 5.56 Å². The SMILES string of the molecule is Cc1ccc(S(=O)(=O)N[C@H](C(=O)NC(C)C)c2ccccc2)cc1C. The van der Waals surface area contributed by atoms with Gasteiger partial charge in [-0.15, -0.1) is 0 Å². The molecule has 0 aliphatic heterocycles. The molecule has 0 aromatic heterocycles. The van der Waals surface area contributed by atoms with Crippen molar-refractivity contribution in [3.63, 3.8) is 0 Å². The van der Waals surface area contributed by atoms with Crippen molar-refractivity contribution >= 4 is 15.9 Å². The van der Waals surface area contributed by atoms with Crippen LogP contribution in [-0.4, -0.2) is 20.4 Å². The molecule has 0 heterocycles. The molecular weight excluding hydrogens is 336 g/mol. The summed E-state index contributed by atoms with van der Waals surface area (Å²) in [5.41, 5.74) is 2.48. The van der Waals surface area contributed by atoms with Gasteiger partial charge in [0.1, 0.15) is 6.04 Å². The molecule has 134 valence electrons. The van der Waals surface area contributed by atoms with Gasteiger partial charge in [-0.2, -0.15) is 4.72 Å². The first kappa shape index (κ1) is 19.1. The Hall–Kier alpha value is -2.18. The van der Waals surface area contributed by atoms with Crippen molar-refractivity contribution in [3.8, 4) is 0 Å². The predicted octanol–water partition coefficient (Wildman–Crippen LogP) is 2.85. The van der Waals surface area contributed by atoms with E-state index in [1.807, 2.05) is 33.8 Å². The number of hydrogen-bond donors (Lipinski definition) is 2. The quantitative estimate of drug-likeness (QED) is 0.832. The van der Waals surface area contributed by atoms with Gasteiger partial charge in [-0.1, -0.05) is 36.4 Å². The number of nitrogens with one attached hydrogen (secondary N) is 2. The highest BCUT2D eigenvalue weighted by atomic mass is 32.2. The summed E-state index contributed by atoms with van der Waals surface area (Å²) in [4.78, 5) is 12.7. The average molecular weight is 360 g/mol. The molecule has 0 fully saturated rings. The van der Waals surface area contributed by atoms with Gasteiger partial charge in [0.25, 0.3) is 0 Å². The van der Waals surface area contributed by atoms with Crippen molar-refractivity contribution in [1.82, 2.24) is 10.0 Å². The molecule has 1 amide bonds. The highest BCUT2D eigenvalue weighted by Gasteiger charge is 2.27. The molecule has 2 aromatic carbocycles. The van der Waals surface area contributed by atoms with E-state index in [0.717, 1.165) is 11.1 Å². The third-order valence-electron chi connectivity index (χ3n) is 3.89. The van der Waals surface area contributed by atoms with Crippen LogP contribution in [0.5, 0.6) is 0 Å². The van der Waals surface area contributed by atoms with Crippen LogP contribution in [0.15, 0.2) is 53.4 Å². The molecule has 0 spiro atoms. The number of rotatable bonds is 6. The van der Waals surface area contributed by atoms with Gasteiger partial charge in [0.15, 0.2) is 0 Å². The van der Waals surface area contributed by atoms with Crippen LogP contribution in [0, 0.1) is 13.8 Å². The Labute approximate surface area is 149 Å². The third kappa shape index (κ3) is 4.90. The molecule has 2 aromatic rings. The van der Waals surface area contributed by atoms with Crippen molar-refractivity contribution in [3.05, 3.63) is 65.2 Å². The van der Waals surface area contributed by atoms with E-state index in [1.54, 1.807) is 42.5 Å². The highest BCUT2D eigenvalue weighted by Crippen LogP contribution is 2.20. The first-order valence-electron chi connectivity index (χ1n) is 8.15. The summed E-state index contributed by atoms with van der Waals surface area (Å²) in [6, 6.07) is 12.7. The molecule has 0 aliphatic carbocycles. The lowest BCUT2D eigenvalue weighted by Gasteiger charge is -2.20. The summed E-state index contributed by atoms with van der Waals surface area (Å²) >= 11 is 0. The maximum Gasteiger partial charge on any atom is 0.242 e. The molecule has 2 N–H and O–H groups in total. The number of aryl methyl sites for hydroxylation is 2. The summed E-state index contributed by atoms with van der Waals surface area (Å²) in [6.45, 7) is 7.44. The second-order valence-electron chi connectivity index (χ2n) is 6.37. The van der Waals surface area contributed by atoms with Gasteiger partial charge in [-0.3, -0.25) is 4.79 Å². The largest absolute Gasteiger partial charge is 0.352 e. The lowest BCUT2D eigenvalue weighted by molar-refractivity contribution is -0.123. The molecule has 5 nitrogen and oxygen atoms in total. The molecular formula is C19H24N2O3S. The zero-order valence-corrected chi connectivity index (χ0v) is 15.7. The van der Waals surface area contributed by atoms with Crippen LogP contribution in [0.2, 0.25) is 0 Å². The van der Waals surface area contributed by atoms with Gasteiger partial charge in [0.05, 0.1) is 4.90 Å². The fourth-order valence-corrected chi connectivity index (χ4v) is 3.66. The molecule has 0 saturated carbocycles. The summed E-state index contributed by atoms with van der Waals surface area (Å²) < 4.78 is 28.1. The van der Waals surface area contributed by atoms with E-state index in [2.05, 4.69) is 10.0 Å². The summed E-state index contributed by atoms with van der Waals surface area (Å²) in [5, 5.41) is 2.77. The maximum absolute atomic E-state index is 12.8. The van der Waals surface area contributed by atoms with E-state index in [-0.39, 0.29) is 16.8 Å². The molecule has 0 saturated heterocycles. The first-order valence-corrected chi connectivity index (χ1v) is 9.64. The normalized spacial score (nSPS) is 12.8. The van der Waals surface area contributed by atoms with Gasteiger partial charge in [0.2, 0.25) is 15.9 Å². The number of hydrogen-bond acceptors (Lipinski definition) is 3. The van der Waals surface area contributed by atoms with Crippen LogP contribution in [0.1, 0.15) is 36.6 Å². The molecule has 25 heavy (non-hydrogen) atoms. The van der Waals surface area contributed by atoms with Crippen LogP contribution < -0.4 is 10.0 Å². The van der Waals surface area contributed by atoms with Crippen LogP contribution in [0.3, 0.4) is 0 Å². The molecule has 0 unspecified atom stereocenters. The van der Waals surface area contributed by atoms with Crippen LogP contribution in [0.25, 0.3) is 0 Å². The number of carbonyl (C=O) groups excluding carboxylic acids is 1. The van der Waals surface area contributed by atoms with E-state index in [9.17, 15) is 13.2 Å². The maximum atomic E-state index is 12.8. The monoisotopic (exact) mass is 360 g/mol. The Bertz CT molecular complexity index is 846. The van der Waals surface area contributed by atoms with Crippen LogP contribution >= 0.6 is 0 Å². The predicted molar refractivity (Wildman–Crippen MR) is 98.7 cm³/mol. The first-order chi connectivity index (χ1) is 11.7. The average Bonchev–Trinajstić information content (AvgIpc) is 2.55. The van der Waals surface area contributed by atoms with Crippen molar-refractivity contribution < 1.29 is 13.2 Å². The number of amides is 1. The number of carbonyl (C=O) groups is 1. The minimum Gasteiger partial charge on any atom is -0.352 e.